The number of nitrogens with one attached hydrogen (secondary N) is 1. The van der Waals surface area contributed by atoms with E-state index in [0.29, 0.717) is 34.1 Å². The molecule has 3 aromatic rings. The van der Waals surface area contributed by atoms with Gasteiger partial charge in [0.25, 0.3) is 5.91 Å². The summed E-state index contributed by atoms with van der Waals surface area (Å²) in [6, 6.07) is 12.1. The maximum Gasteiger partial charge on any atom is 0.257 e. The van der Waals surface area contributed by atoms with Gasteiger partial charge in [0.2, 0.25) is 0 Å². The molecule has 0 spiro atoms. The number of anilines is 1. The number of amides is 1. The Morgan fingerprint density at radius 1 is 1.29 bits per heavy atom. The second kappa shape index (κ2) is 6.97. The van der Waals surface area contributed by atoms with E-state index in [0.717, 1.165) is 0 Å². The van der Waals surface area contributed by atoms with E-state index in [9.17, 15) is 4.79 Å². The molecule has 0 saturated carbocycles. The average molecular weight is 324 g/mol. The molecule has 24 heavy (non-hydrogen) atoms. The summed E-state index contributed by atoms with van der Waals surface area (Å²) in [6.07, 6.45) is 3.11. The van der Waals surface area contributed by atoms with Gasteiger partial charge in [0.05, 0.1) is 18.2 Å². The van der Waals surface area contributed by atoms with Gasteiger partial charge < -0.3 is 19.6 Å². The molecule has 1 aromatic carbocycles. The number of ether oxygens (including phenoxy) is 1. The van der Waals surface area contributed by atoms with Gasteiger partial charge in [-0.05, 0) is 42.5 Å². The molecule has 0 aliphatic heterocycles. The van der Waals surface area contributed by atoms with E-state index >= 15 is 0 Å². The van der Waals surface area contributed by atoms with Crippen LogP contribution in [-0.2, 0) is 6.61 Å². The highest BCUT2D eigenvalue weighted by molar-refractivity contribution is 6.04. The van der Waals surface area contributed by atoms with E-state index in [1.165, 1.54) is 6.20 Å². The van der Waals surface area contributed by atoms with Crippen LogP contribution >= 0.6 is 0 Å². The van der Waals surface area contributed by atoms with Crippen LogP contribution in [0.15, 0.2) is 59.3 Å². The van der Waals surface area contributed by atoms with Gasteiger partial charge in [0, 0.05) is 18.1 Å². The van der Waals surface area contributed by atoms with Gasteiger partial charge in [-0.2, -0.15) is 0 Å². The molecule has 0 aliphatic rings. The lowest BCUT2D eigenvalue weighted by atomic mass is 10.1. The minimum Gasteiger partial charge on any atom is -0.496 e. The first kappa shape index (κ1) is 15.8. The van der Waals surface area contributed by atoms with E-state index in [2.05, 4.69) is 10.3 Å². The number of hydrogen-bond acceptors (Lipinski definition) is 5. The van der Waals surface area contributed by atoms with Crippen LogP contribution in [0.25, 0.3) is 11.3 Å². The van der Waals surface area contributed by atoms with E-state index in [1.807, 2.05) is 0 Å². The van der Waals surface area contributed by atoms with Gasteiger partial charge >= 0.3 is 0 Å². The van der Waals surface area contributed by atoms with Gasteiger partial charge in [-0.15, -0.1) is 0 Å². The Bertz CT molecular complexity index is 843. The molecular weight excluding hydrogens is 308 g/mol. The number of aliphatic hydroxyl groups is 1. The second-order valence-electron chi connectivity index (χ2n) is 5.03. The largest absolute Gasteiger partial charge is 0.496 e. The first-order valence-corrected chi connectivity index (χ1v) is 7.30. The van der Waals surface area contributed by atoms with Crippen LogP contribution in [0.3, 0.4) is 0 Å². The van der Waals surface area contributed by atoms with Crippen LogP contribution in [0, 0.1) is 0 Å². The summed E-state index contributed by atoms with van der Waals surface area (Å²) < 4.78 is 10.9. The fourth-order valence-corrected chi connectivity index (χ4v) is 2.29. The third kappa shape index (κ3) is 3.28. The number of benzene rings is 1. The Balaban J connectivity index is 1.90. The molecule has 0 unspecified atom stereocenters. The molecule has 0 atom stereocenters. The van der Waals surface area contributed by atoms with Crippen molar-refractivity contribution in [3.63, 3.8) is 0 Å². The van der Waals surface area contributed by atoms with Crippen LogP contribution in [0.2, 0.25) is 0 Å². The zero-order valence-electron chi connectivity index (χ0n) is 13.0. The van der Waals surface area contributed by atoms with E-state index in [4.69, 9.17) is 14.3 Å². The predicted molar refractivity (Wildman–Crippen MR) is 88.8 cm³/mol. The third-order valence-corrected chi connectivity index (χ3v) is 3.46. The molecule has 0 fully saturated rings. The maximum absolute atomic E-state index is 12.2. The number of carbonyl (C=O) groups is 1. The number of pyridine rings is 1. The van der Waals surface area contributed by atoms with Crippen LogP contribution in [0.1, 0.15) is 16.1 Å². The predicted octanol–water partition coefficient (Wildman–Crippen LogP) is 3.09. The molecular formula is C18H16N2O4. The molecule has 2 aromatic heterocycles. The smallest absolute Gasteiger partial charge is 0.257 e. The lowest BCUT2D eigenvalue weighted by molar-refractivity contribution is 0.102. The Hall–Kier alpha value is -3.12. The lowest BCUT2D eigenvalue weighted by Gasteiger charge is -2.10. The van der Waals surface area contributed by atoms with Gasteiger partial charge in [-0.1, -0.05) is 0 Å². The summed E-state index contributed by atoms with van der Waals surface area (Å²) in [6.45, 7) is -0.181. The summed E-state index contributed by atoms with van der Waals surface area (Å²) in [5.41, 5.74) is 1.75. The number of aromatic nitrogens is 1. The quantitative estimate of drug-likeness (QED) is 0.753. The van der Waals surface area contributed by atoms with Crippen LogP contribution in [-0.4, -0.2) is 23.1 Å². The topological polar surface area (TPSA) is 84.6 Å². The van der Waals surface area contributed by atoms with Gasteiger partial charge in [0.15, 0.2) is 0 Å². The number of aliphatic hydroxyl groups excluding tert-OH is 1. The Labute approximate surface area is 138 Å². The van der Waals surface area contributed by atoms with Crippen LogP contribution in [0.4, 0.5) is 5.69 Å². The van der Waals surface area contributed by atoms with E-state index in [-0.39, 0.29) is 12.5 Å². The number of hydrogen-bond donors (Lipinski definition) is 2. The Morgan fingerprint density at radius 3 is 2.83 bits per heavy atom. The standard InChI is InChI=1S/C18H16N2O4/c1-23-16-6-4-13(20-18(22)12-3-2-8-19-10-12)9-15(16)17-7-5-14(11-21)24-17/h2-10,21H,11H2,1H3,(H,20,22). The SMILES string of the molecule is COc1ccc(NC(=O)c2cccnc2)cc1-c1ccc(CO)o1. The van der Waals surface area contributed by atoms with Crippen molar-refractivity contribution < 1.29 is 19.1 Å². The van der Waals surface area contributed by atoms with Crippen molar-refractivity contribution in [3.8, 4) is 17.1 Å². The monoisotopic (exact) mass is 324 g/mol. The molecule has 2 heterocycles. The summed E-state index contributed by atoms with van der Waals surface area (Å²) in [5, 5.41) is 12.0. The number of carbonyl (C=O) groups excluding carboxylic acids is 1. The Kier molecular flexibility index (Phi) is 4.58. The molecule has 3 rings (SSSR count). The minimum atomic E-state index is -0.255. The minimum absolute atomic E-state index is 0.181. The third-order valence-electron chi connectivity index (χ3n) is 3.46. The Morgan fingerprint density at radius 2 is 2.17 bits per heavy atom. The first-order chi connectivity index (χ1) is 11.7. The van der Waals surface area contributed by atoms with Crippen molar-refractivity contribution in [2.24, 2.45) is 0 Å². The van der Waals surface area contributed by atoms with Crippen molar-refractivity contribution in [1.82, 2.24) is 4.98 Å². The van der Waals surface area contributed by atoms with E-state index < -0.39 is 0 Å². The van der Waals surface area contributed by atoms with E-state index in [1.54, 1.807) is 55.8 Å². The van der Waals surface area contributed by atoms with Crippen molar-refractivity contribution >= 4 is 11.6 Å². The van der Waals surface area contributed by atoms with Gasteiger partial charge in [-0.25, -0.2) is 0 Å². The van der Waals surface area contributed by atoms with Gasteiger partial charge in [0.1, 0.15) is 23.9 Å². The molecule has 1 amide bonds. The van der Waals surface area contributed by atoms with Gasteiger partial charge in [-0.3, -0.25) is 9.78 Å². The normalized spacial score (nSPS) is 10.4. The van der Waals surface area contributed by atoms with Crippen molar-refractivity contribution in [2.45, 2.75) is 6.61 Å². The summed E-state index contributed by atoms with van der Waals surface area (Å²) in [5.74, 6) is 1.35. The molecule has 0 aliphatic carbocycles. The summed E-state index contributed by atoms with van der Waals surface area (Å²) >= 11 is 0. The van der Waals surface area contributed by atoms with Crippen molar-refractivity contribution in [3.05, 3.63) is 66.2 Å². The first-order valence-electron chi connectivity index (χ1n) is 7.30. The highest BCUT2D eigenvalue weighted by Gasteiger charge is 2.13. The molecule has 6 heteroatoms. The van der Waals surface area contributed by atoms with Crippen molar-refractivity contribution in [2.75, 3.05) is 12.4 Å². The highest BCUT2D eigenvalue weighted by atomic mass is 16.5. The average Bonchev–Trinajstić information content (AvgIpc) is 3.11. The molecule has 0 bridgehead atoms. The zero-order chi connectivity index (χ0) is 16.9. The molecule has 6 nitrogen and oxygen atoms in total. The van der Waals surface area contributed by atoms with Crippen LogP contribution in [0.5, 0.6) is 5.75 Å². The molecule has 122 valence electrons. The molecule has 0 saturated heterocycles. The number of nitrogens with zero attached hydrogens (tertiary/aromatic N) is 1. The fraction of sp³-hybridized carbons (Fsp3) is 0.111. The van der Waals surface area contributed by atoms with Crippen molar-refractivity contribution in [1.29, 1.82) is 0 Å². The number of furan rings is 1. The number of rotatable bonds is 5. The summed E-state index contributed by atoms with van der Waals surface area (Å²) in [7, 11) is 1.56. The maximum atomic E-state index is 12.2. The van der Waals surface area contributed by atoms with Crippen LogP contribution < -0.4 is 10.1 Å². The molecule has 0 radical (unpaired) electrons. The number of methoxy groups -OCH3 is 1. The summed E-state index contributed by atoms with van der Waals surface area (Å²) in [4.78, 5) is 16.2. The highest BCUT2D eigenvalue weighted by Crippen LogP contribution is 2.33. The fourth-order valence-electron chi connectivity index (χ4n) is 2.29. The lowest BCUT2D eigenvalue weighted by Crippen LogP contribution is -2.12. The zero-order valence-corrected chi connectivity index (χ0v) is 13.0. The second-order valence-corrected chi connectivity index (χ2v) is 5.03. The molecule has 2 N–H and O–H groups in total.